The number of rotatable bonds is 1. The van der Waals surface area contributed by atoms with Crippen LogP contribution in [0.2, 0.25) is 0 Å². The van der Waals surface area contributed by atoms with E-state index in [9.17, 15) is 10.2 Å². The van der Waals surface area contributed by atoms with E-state index in [4.69, 9.17) is 4.74 Å². The monoisotopic (exact) mass is 288 g/mol. The van der Waals surface area contributed by atoms with Crippen molar-refractivity contribution in [3.05, 3.63) is 34.1 Å². The Morgan fingerprint density at radius 2 is 1.95 bits per heavy atom. The van der Waals surface area contributed by atoms with E-state index < -0.39 is 0 Å². The number of aromatic hydroxyl groups is 1. The number of fused-ring (bicyclic) bond motifs is 3. The van der Waals surface area contributed by atoms with Gasteiger partial charge in [0.05, 0.1) is 12.9 Å². The van der Waals surface area contributed by atoms with Gasteiger partial charge >= 0.3 is 0 Å². The van der Waals surface area contributed by atoms with Crippen LogP contribution in [-0.2, 0) is 6.42 Å². The average molecular weight is 288 g/mol. The molecule has 2 N–H and O–H groups in total. The van der Waals surface area contributed by atoms with Gasteiger partial charge < -0.3 is 14.9 Å². The van der Waals surface area contributed by atoms with Gasteiger partial charge in [0.2, 0.25) is 0 Å². The Morgan fingerprint density at radius 3 is 2.67 bits per heavy atom. The number of phenols is 1. The minimum absolute atomic E-state index is 0.207. The number of hydrogen-bond acceptors (Lipinski definition) is 3. The second-order valence-electron chi connectivity index (χ2n) is 6.42. The van der Waals surface area contributed by atoms with E-state index in [0.29, 0.717) is 11.5 Å². The molecule has 3 nitrogen and oxygen atoms in total. The number of benzene rings is 1. The lowest BCUT2D eigenvalue weighted by molar-refractivity contribution is 0.317. The number of methoxy groups -OCH3 is 1. The van der Waals surface area contributed by atoms with E-state index in [-0.39, 0.29) is 17.6 Å². The Balaban J connectivity index is 2.23. The van der Waals surface area contributed by atoms with E-state index in [1.165, 1.54) is 16.7 Å². The largest absolute Gasteiger partial charge is 0.512 e. The molecule has 0 saturated heterocycles. The Bertz CT molecular complexity index is 601. The molecule has 0 bridgehead atoms. The second kappa shape index (κ2) is 5.28. The first kappa shape index (κ1) is 14.3. The van der Waals surface area contributed by atoms with Crippen molar-refractivity contribution >= 4 is 0 Å². The SMILES string of the molecule is COc1c(O)cc2c(c1C)C1CCCC1=C(O)C(C)CC2. The first-order chi connectivity index (χ1) is 10.0. The van der Waals surface area contributed by atoms with Gasteiger partial charge in [-0.05, 0) is 67.4 Å². The predicted octanol–water partition coefficient (Wildman–Crippen LogP) is 4.37. The molecule has 0 spiro atoms. The van der Waals surface area contributed by atoms with Gasteiger partial charge in [-0.15, -0.1) is 0 Å². The van der Waals surface area contributed by atoms with E-state index in [0.717, 1.165) is 37.7 Å². The van der Waals surface area contributed by atoms with Crippen LogP contribution >= 0.6 is 0 Å². The van der Waals surface area contributed by atoms with Crippen LogP contribution in [0.25, 0.3) is 0 Å². The van der Waals surface area contributed by atoms with Gasteiger partial charge in [0.1, 0.15) is 0 Å². The molecular formula is C18H24O3. The van der Waals surface area contributed by atoms with Crippen LogP contribution in [0, 0.1) is 12.8 Å². The molecule has 2 unspecified atom stereocenters. The number of aryl methyl sites for hydroxylation is 1. The average Bonchev–Trinajstić information content (AvgIpc) is 2.91. The number of aliphatic hydroxyl groups excluding tert-OH is 1. The highest BCUT2D eigenvalue weighted by atomic mass is 16.5. The molecule has 2 atom stereocenters. The smallest absolute Gasteiger partial charge is 0.163 e. The van der Waals surface area contributed by atoms with Gasteiger partial charge in [0.15, 0.2) is 11.5 Å². The molecule has 1 fully saturated rings. The van der Waals surface area contributed by atoms with Crippen molar-refractivity contribution in [3.8, 4) is 11.5 Å². The van der Waals surface area contributed by atoms with Crippen LogP contribution in [0.4, 0.5) is 0 Å². The molecule has 1 saturated carbocycles. The summed E-state index contributed by atoms with van der Waals surface area (Å²) in [6, 6.07) is 1.87. The lowest BCUT2D eigenvalue weighted by atomic mass is 9.79. The van der Waals surface area contributed by atoms with Crippen molar-refractivity contribution < 1.29 is 14.9 Å². The molecule has 0 heterocycles. The zero-order valence-electron chi connectivity index (χ0n) is 13.1. The molecule has 3 heteroatoms. The normalized spacial score (nSPS) is 25.1. The summed E-state index contributed by atoms with van der Waals surface area (Å²) in [4.78, 5) is 0. The van der Waals surface area contributed by atoms with Crippen LogP contribution < -0.4 is 4.74 Å². The van der Waals surface area contributed by atoms with E-state index in [1.54, 1.807) is 7.11 Å². The first-order valence-electron chi connectivity index (χ1n) is 7.85. The van der Waals surface area contributed by atoms with Gasteiger partial charge in [-0.1, -0.05) is 6.92 Å². The maximum absolute atomic E-state index is 10.5. The Labute approximate surface area is 126 Å². The van der Waals surface area contributed by atoms with Crippen molar-refractivity contribution in [2.45, 2.75) is 51.9 Å². The number of hydrogen-bond donors (Lipinski definition) is 2. The first-order valence-corrected chi connectivity index (χ1v) is 7.85. The number of ether oxygens (including phenoxy) is 1. The molecule has 1 aromatic carbocycles. The molecule has 0 radical (unpaired) electrons. The molecule has 3 rings (SSSR count). The molecule has 0 aliphatic heterocycles. The Morgan fingerprint density at radius 1 is 1.19 bits per heavy atom. The summed E-state index contributed by atoms with van der Waals surface area (Å²) in [5.41, 5.74) is 4.73. The molecule has 0 aromatic heterocycles. The quantitative estimate of drug-likeness (QED) is 0.806. The summed E-state index contributed by atoms with van der Waals surface area (Å²) in [6.45, 7) is 4.12. The second-order valence-corrected chi connectivity index (χ2v) is 6.42. The van der Waals surface area contributed by atoms with Crippen molar-refractivity contribution in [2.24, 2.45) is 5.92 Å². The summed E-state index contributed by atoms with van der Waals surface area (Å²) in [7, 11) is 1.60. The lowest BCUT2D eigenvalue weighted by Gasteiger charge is -2.27. The molecular weight excluding hydrogens is 264 g/mol. The van der Waals surface area contributed by atoms with E-state index >= 15 is 0 Å². The summed E-state index contributed by atoms with van der Waals surface area (Å²) in [5, 5.41) is 20.7. The van der Waals surface area contributed by atoms with E-state index in [1.807, 2.05) is 13.0 Å². The van der Waals surface area contributed by atoms with Crippen LogP contribution in [0.1, 0.15) is 55.2 Å². The molecule has 2 aliphatic carbocycles. The molecule has 0 amide bonds. The zero-order valence-corrected chi connectivity index (χ0v) is 13.1. The highest BCUT2D eigenvalue weighted by molar-refractivity contribution is 5.57. The fraction of sp³-hybridized carbons (Fsp3) is 0.556. The minimum Gasteiger partial charge on any atom is -0.512 e. The highest BCUT2D eigenvalue weighted by Gasteiger charge is 2.33. The van der Waals surface area contributed by atoms with Crippen molar-refractivity contribution in [1.82, 2.24) is 0 Å². The van der Waals surface area contributed by atoms with E-state index in [2.05, 4.69) is 6.92 Å². The van der Waals surface area contributed by atoms with Crippen LogP contribution in [0.5, 0.6) is 11.5 Å². The summed E-state index contributed by atoms with van der Waals surface area (Å²) >= 11 is 0. The molecule has 21 heavy (non-hydrogen) atoms. The van der Waals surface area contributed by atoms with Gasteiger partial charge in [-0.2, -0.15) is 0 Å². The molecule has 2 aliphatic rings. The maximum atomic E-state index is 10.5. The van der Waals surface area contributed by atoms with Gasteiger partial charge in [0.25, 0.3) is 0 Å². The fourth-order valence-electron chi connectivity index (χ4n) is 4.11. The van der Waals surface area contributed by atoms with Crippen LogP contribution in [0.15, 0.2) is 17.4 Å². The Kier molecular flexibility index (Phi) is 3.60. The van der Waals surface area contributed by atoms with Crippen LogP contribution in [0.3, 0.4) is 0 Å². The number of phenolic OH excluding ortho intramolecular Hbond substituents is 1. The lowest BCUT2D eigenvalue weighted by Crippen LogP contribution is -2.14. The molecule has 1 aromatic rings. The topological polar surface area (TPSA) is 49.7 Å². The number of allylic oxidation sites excluding steroid dienone is 2. The standard InChI is InChI=1S/C18H24O3/c1-10-7-8-12-9-15(19)18(21-3)11(2)16(12)13-5-4-6-14(13)17(10)20/h9-10,13,19-20H,4-8H2,1-3H3. The van der Waals surface area contributed by atoms with Gasteiger partial charge in [0, 0.05) is 11.8 Å². The Hall–Kier alpha value is -1.64. The third-order valence-corrected chi connectivity index (χ3v) is 5.19. The summed E-state index contributed by atoms with van der Waals surface area (Å²) in [6.07, 6.45) is 5.00. The van der Waals surface area contributed by atoms with Gasteiger partial charge in [-0.25, -0.2) is 0 Å². The van der Waals surface area contributed by atoms with Crippen LogP contribution in [-0.4, -0.2) is 17.3 Å². The minimum atomic E-state index is 0.207. The van der Waals surface area contributed by atoms with Crippen molar-refractivity contribution in [1.29, 1.82) is 0 Å². The highest BCUT2D eigenvalue weighted by Crippen LogP contribution is 2.49. The van der Waals surface area contributed by atoms with Crippen molar-refractivity contribution in [3.63, 3.8) is 0 Å². The summed E-state index contributed by atoms with van der Waals surface area (Å²) < 4.78 is 5.38. The third-order valence-electron chi connectivity index (χ3n) is 5.19. The fourth-order valence-corrected chi connectivity index (χ4v) is 4.11. The zero-order chi connectivity index (χ0) is 15.1. The third kappa shape index (κ3) is 2.19. The van der Waals surface area contributed by atoms with Crippen molar-refractivity contribution in [2.75, 3.05) is 7.11 Å². The molecule has 114 valence electrons. The van der Waals surface area contributed by atoms with Gasteiger partial charge in [-0.3, -0.25) is 0 Å². The maximum Gasteiger partial charge on any atom is 0.163 e. The number of aliphatic hydroxyl groups is 1. The predicted molar refractivity (Wildman–Crippen MR) is 83.1 cm³/mol. The summed E-state index contributed by atoms with van der Waals surface area (Å²) in [5.74, 6) is 1.91.